The Morgan fingerprint density at radius 2 is 1.60 bits per heavy atom. The third kappa shape index (κ3) is 5.47. The smallest absolute Gasteiger partial charge is 0.241 e. The molecule has 14 heteroatoms. The van der Waals surface area contributed by atoms with Crippen LogP contribution in [0.1, 0.15) is 18.3 Å². The summed E-state index contributed by atoms with van der Waals surface area (Å²) in [6.45, 7) is 4.12. The largest absolute Gasteiger partial charge is 0.494 e. The molecule has 0 aliphatic rings. The maximum Gasteiger partial charge on any atom is 0.241 e. The summed E-state index contributed by atoms with van der Waals surface area (Å²) >= 11 is 0. The van der Waals surface area contributed by atoms with Gasteiger partial charge in [-0.2, -0.15) is 0 Å². The second-order valence-corrected chi connectivity index (χ2v) is 10.2. The Morgan fingerprint density at radius 1 is 0.900 bits per heavy atom. The summed E-state index contributed by atoms with van der Waals surface area (Å²) in [5.41, 5.74) is 2.26. The van der Waals surface area contributed by atoms with Crippen LogP contribution in [0.2, 0.25) is 0 Å². The van der Waals surface area contributed by atoms with Crippen molar-refractivity contribution in [2.75, 3.05) is 25.5 Å². The lowest BCUT2D eigenvalue weighted by atomic mass is 10.2. The minimum absolute atomic E-state index is 0.0165. The van der Waals surface area contributed by atoms with Crippen molar-refractivity contribution < 1.29 is 22.6 Å². The lowest BCUT2D eigenvalue weighted by Gasteiger charge is -2.16. The van der Waals surface area contributed by atoms with Crippen molar-refractivity contribution in [2.45, 2.75) is 19.6 Å². The second-order valence-electron chi connectivity index (χ2n) is 8.52. The van der Waals surface area contributed by atoms with Crippen LogP contribution >= 0.6 is 0 Å². The van der Waals surface area contributed by atoms with Crippen LogP contribution in [-0.4, -0.2) is 63.7 Å². The second kappa shape index (κ2) is 11.1. The molecule has 40 heavy (non-hydrogen) atoms. The number of pyridine rings is 1. The lowest BCUT2D eigenvalue weighted by Crippen LogP contribution is -2.18. The highest BCUT2D eigenvalue weighted by atomic mass is 32.2. The first kappa shape index (κ1) is 26.7. The van der Waals surface area contributed by atoms with Crippen LogP contribution in [0.5, 0.6) is 17.4 Å². The van der Waals surface area contributed by atoms with E-state index in [2.05, 4.69) is 34.6 Å². The van der Waals surface area contributed by atoms with E-state index in [4.69, 9.17) is 14.2 Å². The van der Waals surface area contributed by atoms with Crippen LogP contribution in [0.4, 0.5) is 5.82 Å². The van der Waals surface area contributed by atoms with E-state index in [-0.39, 0.29) is 22.9 Å². The quantitative estimate of drug-likeness (QED) is 0.266. The van der Waals surface area contributed by atoms with Gasteiger partial charge in [0.1, 0.15) is 34.5 Å². The molecule has 0 saturated heterocycles. The zero-order chi connectivity index (χ0) is 28.3. The van der Waals surface area contributed by atoms with Gasteiger partial charge >= 0.3 is 0 Å². The van der Waals surface area contributed by atoms with E-state index in [0.29, 0.717) is 41.2 Å². The molecule has 0 radical (unpaired) electrons. The number of anilines is 1. The van der Waals surface area contributed by atoms with Gasteiger partial charge in [-0.1, -0.05) is 12.1 Å². The Balaban J connectivity index is 1.66. The Morgan fingerprint density at radius 3 is 2.27 bits per heavy atom. The number of nitrogens with one attached hydrogen (secondary N) is 1. The highest BCUT2D eigenvalue weighted by molar-refractivity contribution is 7.91. The van der Waals surface area contributed by atoms with Gasteiger partial charge in [-0.05, 0) is 37.6 Å². The van der Waals surface area contributed by atoms with Gasteiger partial charge in [-0.15, -0.1) is 0 Å². The Kier molecular flexibility index (Phi) is 7.42. The van der Waals surface area contributed by atoms with Crippen molar-refractivity contribution in [1.29, 1.82) is 0 Å². The zero-order valence-corrected chi connectivity index (χ0v) is 23.0. The number of fused-ring (bicyclic) bond motifs is 1. The molecule has 5 aromatic rings. The predicted molar refractivity (Wildman–Crippen MR) is 147 cm³/mol. The van der Waals surface area contributed by atoms with E-state index in [1.54, 1.807) is 53.4 Å². The van der Waals surface area contributed by atoms with Gasteiger partial charge in [0.05, 0.1) is 27.0 Å². The van der Waals surface area contributed by atoms with Gasteiger partial charge in [0.2, 0.25) is 15.9 Å². The van der Waals surface area contributed by atoms with Crippen LogP contribution in [0, 0.1) is 6.92 Å². The maximum atomic E-state index is 12.9. The van der Waals surface area contributed by atoms with Gasteiger partial charge in [0.15, 0.2) is 22.9 Å². The van der Waals surface area contributed by atoms with Crippen LogP contribution in [0.15, 0.2) is 55.0 Å². The summed E-state index contributed by atoms with van der Waals surface area (Å²) < 4.78 is 46.9. The number of rotatable bonds is 10. The third-order valence-corrected chi connectivity index (χ3v) is 6.81. The maximum absolute atomic E-state index is 12.9. The summed E-state index contributed by atoms with van der Waals surface area (Å²) in [5, 5.41) is 0. The molecule has 0 aliphatic carbocycles. The minimum Gasteiger partial charge on any atom is -0.494 e. The fraction of sp³-hybridized carbons (Fsp3) is 0.231. The van der Waals surface area contributed by atoms with Crippen LogP contribution in [-0.2, 0) is 15.8 Å². The molecule has 206 valence electrons. The molecule has 0 atom stereocenters. The molecule has 13 nitrogen and oxygen atoms in total. The zero-order valence-electron chi connectivity index (χ0n) is 22.2. The van der Waals surface area contributed by atoms with Crippen molar-refractivity contribution in [2.24, 2.45) is 0 Å². The number of ether oxygens (including phenoxy) is 3. The molecule has 0 saturated carbocycles. The first-order valence-corrected chi connectivity index (χ1v) is 13.8. The van der Waals surface area contributed by atoms with Gasteiger partial charge in [0, 0.05) is 18.5 Å². The van der Waals surface area contributed by atoms with Gasteiger partial charge in [-0.3, -0.25) is 9.29 Å². The molecular formula is C26H26N8O5S. The first-order valence-electron chi connectivity index (χ1n) is 12.2. The van der Waals surface area contributed by atoms with Gasteiger partial charge in [-0.25, -0.2) is 38.3 Å². The Labute approximate surface area is 230 Å². The Hall–Kier alpha value is -4.85. The highest BCUT2D eigenvalue weighted by Crippen LogP contribution is 2.38. The van der Waals surface area contributed by atoms with Crippen molar-refractivity contribution >= 4 is 27.1 Å². The average molecular weight is 563 g/mol. The number of aryl methyl sites for hydroxylation is 1. The van der Waals surface area contributed by atoms with E-state index >= 15 is 0 Å². The van der Waals surface area contributed by atoms with Gasteiger partial charge < -0.3 is 14.2 Å². The summed E-state index contributed by atoms with van der Waals surface area (Å²) in [6, 6.07) is 10.6. The average Bonchev–Trinajstić information content (AvgIpc) is 3.32. The van der Waals surface area contributed by atoms with Crippen molar-refractivity contribution in [3.8, 4) is 34.6 Å². The fourth-order valence-electron chi connectivity index (χ4n) is 3.96. The minimum atomic E-state index is -3.92. The number of imidazole rings is 1. The number of sulfonamides is 1. The predicted octanol–water partition coefficient (Wildman–Crippen LogP) is 3.33. The topological polar surface area (TPSA) is 156 Å². The number of methoxy groups -OCH3 is 2. The Bertz CT molecular complexity index is 1750. The van der Waals surface area contributed by atoms with Crippen LogP contribution < -0.4 is 18.9 Å². The molecule has 5 rings (SSSR count). The molecule has 0 bridgehead atoms. The summed E-state index contributed by atoms with van der Waals surface area (Å²) in [5.74, 6) is 1.41. The first-order chi connectivity index (χ1) is 19.3. The molecule has 4 aromatic heterocycles. The number of para-hydroxylation sites is 1. The van der Waals surface area contributed by atoms with Crippen molar-refractivity contribution in [3.63, 3.8) is 0 Å². The van der Waals surface area contributed by atoms with E-state index in [9.17, 15) is 8.42 Å². The normalized spacial score (nSPS) is 11.4. The molecule has 1 N–H and O–H groups in total. The van der Waals surface area contributed by atoms with Crippen LogP contribution in [0.3, 0.4) is 0 Å². The van der Waals surface area contributed by atoms with Crippen molar-refractivity contribution in [1.82, 2.24) is 34.5 Å². The molecule has 0 amide bonds. The number of hydrogen-bond donors (Lipinski definition) is 1. The molecule has 4 heterocycles. The standard InChI is InChI=1S/C26H26N8O5S/c1-5-39-22-11-6-8-17(30-22)25-32-24-26(34(25)23-18(37-3)9-7-10-19(23)38-4)31-20(14-29-24)33-40(35,36)15-21-27-12-16(2)13-28-21/h6-14H,5,15H2,1-4H3,(H,31,33). The van der Waals surface area contributed by atoms with E-state index in [0.717, 1.165) is 5.56 Å². The molecule has 1 aromatic carbocycles. The molecule has 0 unspecified atom stereocenters. The number of benzene rings is 1. The number of hydrogen-bond acceptors (Lipinski definition) is 11. The fourth-order valence-corrected chi connectivity index (χ4v) is 4.94. The molecular weight excluding hydrogens is 536 g/mol. The number of aromatic nitrogens is 7. The SMILES string of the molecule is CCOc1cccc(-c2nc3ncc(NS(=O)(=O)Cc4ncc(C)cn4)nc3n2-c2c(OC)cccc2OC)n1. The highest BCUT2D eigenvalue weighted by Gasteiger charge is 2.25. The third-order valence-electron chi connectivity index (χ3n) is 5.65. The molecule has 0 fully saturated rings. The van der Waals surface area contributed by atoms with E-state index in [1.165, 1.54) is 20.4 Å². The lowest BCUT2D eigenvalue weighted by molar-refractivity contribution is 0.327. The summed E-state index contributed by atoms with van der Waals surface area (Å²) in [6.07, 6.45) is 4.40. The van der Waals surface area contributed by atoms with Crippen LogP contribution in [0.25, 0.3) is 28.5 Å². The van der Waals surface area contributed by atoms with E-state index < -0.39 is 15.8 Å². The summed E-state index contributed by atoms with van der Waals surface area (Å²) in [7, 11) is -0.853. The number of nitrogens with zero attached hydrogens (tertiary/aromatic N) is 7. The molecule has 0 aliphatic heterocycles. The monoisotopic (exact) mass is 562 g/mol. The van der Waals surface area contributed by atoms with Crippen molar-refractivity contribution in [3.05, 3.63) is 66.4 Å². The summed E-state index contributed by atoms with van der Waals surface area (Å²) in [4.78, 5) is 26.4. The van der Waals surface area contributed by atoms with Gasteiger partial charge in [0.25, 0.3) is 0 Å². The molecule has 0 spiro atoms. The van der Waals surface area contributed by atoms with E-state index in [1.807, 2.05) is 13.8 Å².